The topological polar surface area (TPSA) is 36.3 Å². The molecule has 0 radical (unpaired) electrons. The molecule has 0 unspecified atom stereocenters. The molecular formula is C19H19FN2O. The Hall–Kier alpha value is -2.38. The predicted octanol–water partition coefficient (Wildman–Crippen LogP) is 4.10. The van der Waals surface area contributed by atoms with E-state index in [0.29, 0.717) is 11.5 Å². The molecule has 3 rings (SSSR count). The van der Waals surface area contributed by atoms with E-state index in [9.17, 15) is 9.65 Å². The highest BCUT2D eigenvalue weighted by molar-refractivity contribution is 5.46. The molecule has 1 heterocycles. The third-order valence-electron chi connectivity index (χ3n) is 4.50. The lowest BCUT2D eigenvalue weighted by molar-refractivity contribution is 0.219. The molecule has 23 heavy (non-hydrogen) atoms. The van der Waals surface area contributed by atoms with E-state index in [1.165, 1.54) is 12.1 Å². The van der Waals surface area contributed by atoms with Crippen LogP contribution in [0.1, 0.15) is 18.4 Å². The molecule has 0 saturated carbocycles. The summed E-state index contributed by atoms with van der Waals surface area (Å²) in [6.07, 6.45) is 1.56. The van der Waals surface area contributed by atoms with E-state index in [0.717, 1.165) is 31.5 Å². The van der Waals surface area contributed by atoms with E-state index in [4.69, 9.17) is 4.74 Å². The van der Waals surface area contributed by atoms with Gasteiger partial charge in [0.1, 0.15) is 17.3 Å². The van der Waals surface area contributed by atoms with E-state index in [1.807, 2.05) is 24.3 Å². The summed E-state index contributed by atoms with van der Waals surface area (Å²) >= 11 is 0. The summed E-state index contributed by atoms with van der Waals surface area (Å²) in [4.78, 5) is 2.24. The Morgan fingerprint density at radius 1 is 1.09 bits per heavy atom. The van der Waals surface area contributed by atoms with Crippen molar-refractivity contribution in [3.05, 3.63) is 59.9 Å². The van der Waals surface area contributed by atoms with Crippen molar-refractivity contribution in [1.82, 2.24) is 4.90 Å². The zero-order valence-corrected chi connectivity index (χ0v) is 13.1. The van der Waals surface area contributed by atoms with Gasteiger partial charge in [-0.3, -0.25) is 0 Å². The molecular weight excluding hydrogens is 291 g/mol. The van der Waals surface area contributed by atoms with Crippen LogP contribution in [-0.2, 0) is 5.41 Å². The highest BCUT2D eigenvalue weighted by Crippen LogP contribution is 2.40. The van der Waals surface area contributed by atoms with Crippen LogP contribution in [0.15, 0.2) is 48.5 Å². The van der Waals surface area contributed by atoms with Crippen molar-refractivity contribution in [3.8, 4) is 17.6 Å². The molecule has 0 N–H and O–H groups in total. The molecule has 0 amide bonds. The van der Waals surface area contributed by atoms with Gasteiger partial charge in [-0.1, -0.05) is 18.2 Å². The Balaban J connectivity index is 1.94. The van der Waals surface area contributed by atoms with Gasteiger partial charge >= 0.3 is 0 Å². The number of nitriles is 1. The second-order valence-corrected chi connectivity index (χ2v) is 6.05. The summed E-state index contributed by atoms with van der Waals surface area (Å²) < 4.78 is 19.0. The van der Waals surface area contributed by atoms with Gasteiger partial charge in [-0.05, 0) is 63.3 Å². The first kappa shape index (κ1) is 15.5. The van der Waals surface area contributed by atoms with Gasteiger partial charge in [-0.25, -0.2) is 4.39 Å². The Kier molecular flexibility index (Phi) is 4.31. The molecule has 2 aromatic rings. The van der Waals surface area contributed by atoms with Crippen LogP contribution < -0.4 is 4.74 Å². The lowest BCUT2D eigenvalue weighted by Crippen LogP contribution is -2.40. The molecule has 3 nitrogen and oxygen atoms in total. The quantitative estimate of drug-likeness (QED) is 0.856. The van der Waals surface area contributed by atoms with Gasteiger partial charge in [-0.15, -0.1) is 0 Å². The Labute approximate surface area is 135 Å². The molecule has 1 aliphatic rings. The highest BCUT2D eigenvalue weighted by Gasteiger charge is 2.37. The molecule has 0 atom stereocenters. The predicted molar refractivity (Wildman–Crippen MR) is 86.9 cm³/mol. The molecule has 1 aliphatic heterocycles. The second-order valence-electron chi connectivity index (χ2n) is 6.05. The number of likely N-dealkylation sites (tertiary alicyclic amines) is 1. The van der Waals surface area contributed by atoms with Crippen molar-refractivity contribution < 1.29 is 9.13 Å². The third kappa shape index (κ3) is 3.20. The smallest absolute Gasteiger partial charge is 0.132 e. The van der Waals surface area contributed by atoms with Gasteiger partial charge in [0.2, 0.25) is 0 Å². The number of rotatable bonds is 3. The van der Waals surface area contributed by atoms with E-state index < -0.39 is 5.41 Å². The fourth-order valence-electron chi connectivity index (χ4n) is 3.02. The van der Waals surface area contributed by atoms with Crippen LogP contribution in [0.5, 0.6) is 11.5 Å². The molecule has 0 aromatic heterocycles. The average molecular weight is 310 g/mol. The number of para-hydroxylation sites is 1. The molecule has 0 aliphatic carbocycles. The van der Waals surface area contributed by atoms with Crippen LogP contribution in [0.25, 0.3) is 0 Å². The summed E-state index contributed by atoms with van der Waals surface area (Å²) in [5.41, 5.74) is 0.392. The summed E-state index contributed by atoms with van der Waals surface area (Å²) in [7, 11) is 2.07. The summed E-state index contributed by atoms with van der Waals surface area (Å²) in [5.74, 6) is 0.944. The number of nitrogens with zero attached hydrogens (tertiary/aromatic N) is 2. The molecule has 0 bridgehead atoms. The van der Waals surface area contributed by atoms with Crippen LogP contribution in [-0.4, -0.2) is 25.0 Å². The summed E-state index contributed by atoms with van der Waals surface area (Å²) in [6, 6.07) is 16.1. The lowest BCUT2D eigenvalue weighted by Gasteiger charge is -2.36. The van der Waals surface area contributed by atoms with Crippen molar-refractivity contribution >= 4 is 0 Å². The molecule has 0 spiro atoms. The first-order chi connectivity index (χ1) is 11.1. The van der Waals surface area contributed by atoms with Crippen LogP contribution in [0.3, 0.4) is 0 Å². The number of halogens is 1. The van der Waals surface area contributed by atoms with E-state index in [-0.39, 0.29) is 5.82 Å². The molecule has 1 saturated heterocycles. The van der Waals surface area contributed by atoms with E-state index >= 15 is 0 Å². The number of hydrogen-bond donors (Lipinski definition) is 0. The Morgan fingerprint density at radius 2 is 1.74 bits per heavy atom. The number of benzene rings is 2. The minimum atomic E-state index is -0.525. The van der Waals surface area contributed by atoms with Gasteiger partial charge in [-0.2, -0.15) is 5.26 Å². The van der Waals surface area contributed by atoms with Gasteiger partial charge in [0.15, 0.2) is 0 Å². The van der Waals surface area contributed by atoms with Crippen LogP contribution >= 0.6 is 0 Å². The monoisotopic (exact) mass is 310 g/mol. The first-order valence-corrected chi connectivity index (χ1v) is 7.76. The van der Waals surface area contributed by atoms with E-state index in [1.54, 1.807) is 12.1 Å². The summed E-state index contributed by atoms with van der Waals surface area (Å²) in [6.45, 7) is 1.77. The largest absolute Gasteiger partial charge is 0.457 e. The normalized spacial score (nSPS) is 17.4. The maximum atomic E-state index is 13.0. The van der Waals surface area contributed by atoms with Gasteiger partial charge in [0.25, 0.3) is 0 Å². The number of ether oxygens (including phenoxy) is 1. The second kappa shape index (κ2) is 6.39. The van der Waals surface area contributed by atoms with Crippen molar-refractivity contribution in [3.63, 3.8) is 0 Å². The fraction of sp³-hybridized carbons (Fsp3) is 0.316. The van der Waals surface area contributed by atoms with Crippen LogP contribution in [0.2, 0.25) is 0 Å². The van der Waals surface area contributed by atoms with Crippen molar-refractivity contribution in [2.75, 3.05) is 20.1 Å². The van der Waals surface area contributed by atoms with Crippen molar-refractivity contribution in [2.45, 2.75) is 18.3 Å². The summed E-state index contributed by atoms with van der Waals surface area (Å²) in [5, 5.41) is 9.83. The molecule has 2 aromatic carbocycles. The minimum absolute atomic E-state index is 0.297. The highest BCUT2D eigenvalue weighted by atomic mass is 19.1. The number of piperidine rings is 1. The Morgan fingerprint density at radius 3 is 2.39 bits per heavy atom. The van der Waals surface area contributed by atoms with E-state index in [2.05, 4.69) is 18.0 Å². The van der Waals surface area contributed by atoms with Crippen LogP contribution in [0, 0.1) is 17.1 Å². The maximum absolute atomic E-state index is 13.0. The molecule has 4 heteroatoms. The fourth-order valence-corrected chi connectivity index (χ4v) is 3.02. The SMILES string of the molecule is CN1CCC(C#N)(c2ccccc2Oc2ccc(F)cc2)CC1. The standard InChI is InChI=1S/C19H19FN2O/c1-22-12-10-19(14-21,11-13-22)17-4-2-3-5-18(17)23-16-8-6-15(20)7-9-16/h2-9H,10-13H2,1H3. The lowest BCUT2D eigenvalue weighted by atomic mass is 9.73. The van der Waals surface area contributed by atoms with Crippen molar-refractivity contribution in [1.29, 1.82) is 5.26 Å². The third-order valence-corrected chi connectivity index (χ3v) is 4.50. The zero-order chi connectivity index (χ0) is 16.3. The zero-order valence-electron chi connectivity index (χ0n) is 13.1. The molecule has 118 valence electrons. The molecule has 1 fully saturated rings. The average Bonchev–Trinajstić information content (AvgIpc) is 2.59. The van der Waals surface area contributed by atoms with Crippen molar-refractivity contribution in [2.24, 2.45) is 0 Å². The van der Waals surface area contributed by atoms with Crippen LogP contribution in [0.4, 0.5) is 4.39 Å². The Bertz CT molecular complexity index is 713. The van der Waals surface area contributed by atoms with Gasteiger partial charge < -0.3 is 9.64 Å². The number of hydrogen-bond acceptors (Lipinski definition) is 3. The minimum Gasteiger partial charge on any atom is -0.457 e. The van der Waals surface area contributed by atoms with Gasteiger partial charge in [0, 0.05) is 5.56 Å². The van der Waals surface area contributed by atoms with Gasteiger partial charge in [0.05, 0.1) is 11.5 Å². The maximum Gasteiger partial charge on any atom is 0.132 e. The first-order valence-electron chi connectivity index (χ1n) is 7.76.